The minimum Gasteiger partial charge on any atom is -0.306 e. The van der Waals surface area contributed by atoms with Crippen LogP contribution in [0.4, 0.5) is 5.69 Å². The van der Waals surface area contributed by atoms with Crippen molar-refractivity contribution in [3.63, 3.8) is 0 Å². The van der Waals surface area contributed by atoms with Crippen molar-refractivity contribution in [1.29, 1.82) is 0 Å². The Kier molecular flexibility index (Phi) is 4.26. The highest BCUT2D eigenvalue weighted by Gasteiger charge is 2.31. The molecule has 118 valence electrons. The zero-order valence-corrected chi connectivity index (χ0v) is 14.3. The van der Waals surface area contributed by atoms with Crippen LogP contribution < -0.4 is 4.90 Å². The molecule has 2 aromatic carbocycles. The molecule has 0 aromatic heterocycles. The van der Waals surface area contributed by atoms with Gasteiger partial charge in [-0.15, -0.1) is 11.8 Å². The summed E-state index contributed by atoms with van der Waals surface area (Å²) < 4.78 is 0. The Morgan fingerprint density at radius 1 is 1.17 bits per heavy atom. The molecular formula is C19H19NO2S. The van der Waals surface area contributed by atoms with Crippen LogP contribution in [0.1, 0.15) is 35.3 Å². The lowest BCUT2D eigenvalue weighted by Gasteiger charge is -2.32. The topological polar surface area (TPSA) is 37.4 Å². The number of fused-ring (bicyclic) bond motifs is 1. The Morgan fingerprint density at radius 3 is 2.52 bits per heavy atom. The number of ketones is 1. The number of amides is 1. The number of nitrogens with zero attached hydrogens (tertiary/aromatic N) is 1. The third-order valence-corrected chi connectivity index (χ3v) is 5.19. The van der Waals surface area contributed by atoms with E-state index in [1.54, 1.807) is 23.6 Å². The normalized spacial score (nSPS) is 17.1. The Hall–Kier alpha value is -2.07. The first-order valence-electron chi connectivity index (χ1n) is 7.64. The van der Waals surface area contributed by atoms with E-state index in [2.05, 4.69) is 12.1 Å². The number of hydrogen-bond donors (Lipinski definition) is 0. The molecule has 1 aliphatic rings. The minimum absolute atomic E-state index is 0.0131. The number of aryl methyl sites for hydroxylation is 1. The van der Waals surface area contributed by atoms with Crippen molar-refractivity contribution in [2.24, 2.45) is 0 Å². The molecule has 3 rings (SSSR count). The summed E-state index contributed by atoms with van der Waals surface area (Å²) >= 11 is 1.55. The Morgan fingerprint density at radius 2 is 1.87 bits per heavy atom. The molecule has 2 aromatic rings. The van der Waals surface area contributed by atoms with Crippen LogP contribution in [-0.4, -0.2) is 16.9 Å². The SMILES string of the molecule is CC(=O)c1ccc2c(c1)N(Cc1ccc(C)cc1)C(=O)C(C)S2. The number of thioether (sulfide) groups is 1. The summed E-state index contributed by atoms with van der Waals surface area (Å²) in [5.41, 5.74) is 3.76. The van der Waals surface area contributed by atoms with Gasteiger partial charge in [-0.1, -0.05) is 35.9 Å². The van der Waals surface area contributed by atoms with E-state index in [4.69, 9.17) is 0 Å². The van der Waals surface area contributed by atoms with E-state index in [1.807, 2.05) is 44.2 Å². The molecule has 0 bridgehead atoms. The van der Waals surface area contributed by atoms with Crippen molar-refractivity contribution in [2.45, 2.75) is 37.5 Å². The van der Waals surface area contributed by atoms with Gasteiger partial charge in [0, 0.05) is 10.5 Å². The highest BCUT2D eigenvalue weighted by molar-refractivity contribution is 8.00. The fraction of sp³-hybridized carbons (Fsp3) is 0.263. The van der Waals surface area contributed by atoms with E-state index in [9.17, 15) is 9.59 Å². The van der Waals surface area contributed by atoms with Gasteiger partial charge in [0.2, 0.25) is 5.91 Å². The first-order valence-corrected chi connectivity index (χ1v) is 8.52. The monoisotopic (exact) mass is 325 g/mol. The van der Waals surface area contributed by atoms with Gasteiger partial charge in [-0.25, -0.2) is 0 Å². The molecular weight excluding hydrogens is 306 g/mol. The molecule has 0 fully saturated rings. The van der Waals surface area contributed by atoms with E-state index < -0.39 is 0 Å². The van der Waals surface area contributed by atoms with Crippen LogP contribution in [0.2, 0.25) is 0 Å². The maximum Gasteiger partial charge on any atom is 0.240 e. The molecule has 1 heterocycles. The van der Waals surface area contributed by atoms with Gasteiger partial charge in [-0.2, -0.15) is 0 Å². The number of Topliss-reactive ketones (excluding diaryl/α,β-unsaturated/α-hetero) is 1. The maximum atomic E-state index is 12.7. The Labute approximate surface area is 140 Å². The lowest BCUT2D eigenvalue weighted by Crippen LogP contribution is -2.39. The molecule has 1 unspecified atom stereocenters. The standard InChI is InChI=1S/C19H19NO2S/c1-12-4-6-15(7-5-12)11-20-17-10-16(13(2)21)8-9-18(17)23-14(3)19(20)22/h4-10,14H,11H2,1-3H3. The van der Waals surface area contributed by atoms with E-state index in [1.165, 1.54) is 5.56 Å². The van der Waals surface area contributed by atoms with Crippen molar-refractivity contribution in [3.05, 3.63) is 59.2 Å². The summed E-state index contributed by atoms with van der Waals surface area (Å²) in [7, 11) is 0. The maximum absolute atomic E-state index is 12.7. The molecule has 0 spiro atoms. The highest BCUT2D eigenvalue weighted by Crippen LogP contribution is 2.40. The second-order valence-corrected chi connectivity index (χ2v) is 7.29. The van der Waals surface area contributed by atoms with Gasteiger partial charge in [0.1, 0.15) is 0 Å². The molecule has 0 radical (unpaired) electrons. The smallest absolute Gasteiger partial charge is 0.240 e. The molecule has 0 saturated heterocycles. The van der Waals surface area contributed by atoms with Crippen molar-refractivity contribution >= 4 is 29.1 Å². The van der Waals surface area contributed by atoms with E-state index in [0.29, 0.717) is 12.1 Å². The predicted octanol–water partition coefficient (Wildman–Crippen LogP) is 4.23. The van der Waals surface area contributed by atoms with Crippen molar-refractivity contribution in [1.82, 2.24) is 0 Å². The first-order chi connectivity index (χ1) is 11.0. The van der Waals surface area contributed by atoms with Gasteiger partial charge >= 0.3 is 0 Å². The minimum atomic E-state index is -0.115. The van der Waals surface area contributed by atoms with Crippen molar-refractivity contribution in [3.8, 4) is 0 Å². The average molecular weight is 325 g/mol. The van der Waals surface area contributed by atoms with E-state index in [0.717, 1.165) is 16.1 Å². The number of benzene rings is 2. The third-order valence-electron chi connectivity index (χ3n) is 4.04. The summed E-state index contributed by atoms with van der Waals surface area (Å²) in [4.78, 5) is 27.2. The predicted molar refractivity (Wildman–Crippen MR) is 94.1 cm³/mol. The molecule has 4 heteroatoms. The van der Waals surface area contributed by atoms with Crippen LogP contribution in [0.5, 0.6) is 0 Å². The summed E-state index contributed by atoms with van der Waals surface area (Å²) in [6, 6.07) is 13.8. The zero-order chi connectivity index (χ0) is 16.6. The Balaban J connectivity index is 2.01. The van der Waals surface area contributed by atoms with Crippen LogP contribution in [0.3, 0.4) is 0 Å². The van der Waals surface area contributed by atoms with Crippen molar-refractivity contribution in [2.75, 3.05) is 4.90 Å². The summed E-state index contributed by atoms with van der Waals surface area (Å²) in [6.07, 6.45) is 0. The number of hydrogen-bond acceptors (Lipinski definition) is 3. The lowest BCUT2D eigenvalue weighted by atomic mass is 10.1. The van der Waals surface area contributed by atoms with Crippen LogP contribution in [-0.2, 0) is 11.3 Å². The van der Waals surface area contributed by atoms with E-state index in [-0.39, 0.29) is 16.9 Å². The molecule has 1 amide bonds. The second kappa shape index (κ2) is 6.20. The molecule has 0 aliphatic carbocycles. The highest BCUT2D eigenvalue weighted by atomic mass is 32.2. The summed E-state index contributed by atoms with van der Waals surface area (Å²) in [6.45, 7) is 6.05. The molecule has 1 aliphatic heterocycles. The molecule has 23 heavy (non-hydrogen) atoms. The fourth-order valence-corrected chi connectivity index (χ4v) is 3.71. The third kappa shape index (κ3) is 3.17. The number of carbonyl (C=O) groups is 2. The van der Waals surface area contributed by atoms with Gasteiger partial charge in [-0.05, 0) is 38.5 Å². The summed E-state index contributed by atoms with van der Waals surface area (Å²) in [5.74, 6) is 0.0999. The van der Waals surface area contributed by atoms with Crippen molar-refractivity contribution < 1.29 is 9.59 Å². The van der Waals surface area contributed by atoms with Crippen LogP contribution in [0.15, 0.2) is 47.4 Å². The van der Waals surface area contributed by atoms with Crippen LogP contribution >= 0.6 is 11.8 Å². The molecule has 1 atom stereocenters. The Bertz CT molecular complexity index is 767. The zero-order valence-electron chi connectivity index (χ0n) is 13.5. The number of carbonyl (C=O) groups excluding carboxylic acids is 2. The quantitative estimate of drug-likeness (QED) is 0.793. The van der Waals surface area contributed by atoms with Gasteiger partial charge in [-0.3, -0.25) is 9.59 Å². The molecule has 0 N–H and O–H groups in total. The largest absolute Gasteiger partial charge is 0.306 e. The van der Waals surface area contributed by atoms with Gasteiger partial charge in [0.15, 0.2) is 5.78 Å². The van der Waals surface area contributed by atoms with E-state index >= 15 is 0 Å². The van der Waals surface area contributed by atoms with Gasteiger partial charge < -0.3 is 4.90 Å². The number of anilines is 1. The summed E-state index contributed by atoms with van der Waals surface area (Å²) in [5, 5.41) is -0.115. The molecule has 3 nitrogen and oxygen atoms in total. The fourth-order valence-electron chi connectivity index (χ4n) is 2.67. The average Bonchev–Trinajstić information content (AvgIpc) is 2.53. The molecule has 0 saturated carbocycles. The van der Waals surface area contributed by atoms with Gasteiger partial charge in [0.05, 0.1) is 17.5 Å². The second-order valence-electron chi connectivity index (χ2n) is 5.91. The van der Waals surface area contributed by atoms with Crippen LogP contribution in [0, 0.1) is 6.92 Å². The first kappa shape index (κ1) is 15.8. The number of rotatable bonds is 3. The van der Waals surface area contributed by atoms with Crippen LogP contribution in [0.25, 0.3) is 0 Å². The van der Waals surface area contributed by atoms with Gasteiger partial charge in [0.25, 0.3) is 0 Å². The lowest BCUT2D eigenvalue weighted by molar-refractivity contribution is -0.118.